The number of benzene rings is 2. The van der Waals surface area contributed by atoms with Gasteiger partial charge in [0.05, 0.1) is 16.1 Å². The van der Waals surface area contributed by atoms with E-state index < -0.39 is 35.2 Å². The van der Waals surface area contributed by atoms with Gasteiger partial charge in [0.15, 0.2) is 18.1 Å². The van der Waals surface area contributed by atoms with E-state index in [1.807, 2.05) is 0 Å². The number of alkyl halides is 3. The van der Waals surface area contributed by atoms with Crippen molar-refractivity contribution in [3.8, 4) is 11.5 Å². The first-order chi connectivity index (χ1) is 13.2. The Morgan fingerprint density at radius 3 is 2.50 bits per heavy atom. The van der Waals surface area contributed by atoms with Crippen LogP contribution in [0.2, 0.25) is 5.02 Å². The van der Waals surface area contributed by atoms with E-state index in [0.717, 1.165) is 6.07 Å². The second-order valence-electron chi connectivity index (χ2n) is 5.68. The highest BCUT2D eigenvalue weighted by atomic mass is 35.5. The summed E-state index contributed by atoms with van der Waals surface area (Å²) in [6.45, 7) is 0.0594. The van der Waals surface area contributed by atoms with Crippen molar-refractivity contribution in [3.63, 3.8) is 0 Å². The monoisotopic (exact) mass is 415 g/mol. The summed E-state index contributed by atoms with van der Waals surface area (Å²) in [6, 6.07) is 7.33. The molecule has 1 aliphatic heterocycles. The number of esters is 1. The van der Waals surface area contributed by atoms with E-state index >= 15 is 0 Å². The number of rotatable bonds is 4. The Morgan fingerprint density at radius 2 is 1.79 bits per heavy atom. The number of ether oxygens (including phenoxy) is 3. The number of anilines is 1. The lowest BCUT2D eigenvalue weighted by atomic mass is 10.2. The molecule has 0 unspecified atom stereocenters. The fourth-order valence-electron chi connectivity index (χ4n) is 2.40. The van der Waals surface area contributed by atoms with Crippen LogP contribution in [0.5, 0.6) is 11.5 Å². The molecule has 6 nitrogen and oxygen atoms in total. The van der Waals surface area contributed by atoms with Gasteiger partial charge >= 0.3 is 12.1 Å². The molecule has 0 radical (unpaired) electrons. The van der Waals surface area contributed by atoms with Gasteiger partial charge in [-0.15, -0.1) is 0 Å². The summed E-state index contributed by atoms with van der Waals surface area (Å²) in [5, 5.41) is 1.73. The SMILES string of the molecule is O=C(COC(=O)c1ccc2c(c1)OCCO2)Nc1ccc(Cl)c(C(F)(F)F)c1. The van der Waals surface area contributed by atoms with Crippen LogP contribution in [0, 0.1) is 0 Å². The maximum Gasteiger partial charge on any atom is 0.417 e. The number of carbonyl (C=O) groups is 2. The van der Waals surface area contributed by atoms with Crippen LogP contribution in [0.3, 0.4) is 0 Å². The van der Waals surface area contributed by atoms with E-state index in [-0.39, 0.29) is 11.3 Å². The lowest BCUT2D eigenvalue weighted by Gasteiger charge is -2.18. The summed E-state index contributed by atoms with van der Waals surface area (Å²) < 4.78 is 54.1. The molecule has 3 rings (SSSR count). The van der Waals surface area contributed by atoms with E-state index in [1.165, 1.54) is 24.3 Å². The summed E-state index contributed by atoms with van der Waals surface area (Å²) in [5.41, 5.74) is -1.07. The Labute approximate surface area is 162 Å². The molecule has 0 bridgehead atoms. The highest BCUT2D eigenvalue weighted by Crippen LogP contribution is 2.36. The van der Waals surface area contributed by atoms with E-state index in [9.17, 15) is 22.8 Å². The Bertz CT molecular complexity index is 917. The zero-order valence-corrected chi connectivity index (χ0v) is 14.9. The van der Waals surface area contributed by atoms with Crippen molar-refractivity contribution in [3.05, 3.63) is 52.5 Å². The van der Waals surface area contributed by atoms with Crippen molar-refractivity contribution < 1.29 is 37.0 Å². The molecule has 0 saturated carbocycles. The van der Waals surface area contributed by atoms with E-state index in [1.54, 1.807) is 0 Å². The standard InChI is InChI=1S/C18H13ClF3NO5/c19-13-3-2-11(8-12(13)18(20,21)22)23-16(24)9-28-17(25)10-1-4-14-15(7-10)27-6-5-26-14/h1-4,7-8H,5-6,9H2,(H,23,24). The number of halogens is 4. The van der Waals surface area contributed by atoms with E-state index in [4.69, 9.17) is 25.8 Å². The van der Waals surface area contributed by atoms with Crippen LogP contribution in [-0.2, 0) is 15.7 Å². The van der Waals surface area contributed by atoms with Crippen molar-refractivity contribution in [2.75, 3.05) is 25.1 Å². The Morgan fingerprint density at radius 1 is 1.07 bits per heavy atom. The first kappa shape index (κ1) is 19.8. The molecular weight excluding hydrogens is 403 g/mol. The predicted octanol–water partition coefficient (Wildman–Crippen LogP) is 3.93. The summed E-state index contributed by atoms with van der Waals surface area (Å²) in [7, 11) is 0. The third-order valence-corrected chi connectivity index (χ3v) is 4.00. The summed E-state index contributed by atoms with van der Waals surface area (Å²) in [5.74, 6) is -0.727. The van der Waals surface area contributed by atoms with Crippen LogP contribution < -0.4 is 14.8 Å². The second kappa shape index (κ2) is 7.97. The number of hydrogen-bond acceptors (Lipinski definition) is 5. The smallest absolute Gasteiger partial charge is 0.417 e. The highest BCUT2D eigenvalue weighted by Gasteiger charge is 2.33. The molecule has 1 heterocycles. The quantitative estimate of drug-likeness (QED) is 0.766. The van der Waals surface area contributed by atoms with Gasteiger partial charge in [0.25, 0.3) is 5.91 Å². The lowest BCUT2D eigenvalue weighted by Crippen LogP contribution is -2.21. The topological polar surface area (TPSA) is 73.9 Å². The molecule has 2 aromatic carbocycles. The molecule has 0 atom stereocenters. The van der Waals surface area contributed by atoms with Gasteiger partial charge in [0.2, 0.25) is 0 Å². The first-order valence-corrected chi connectivity index (χ1v) is 8.35. The fraction of sp³-hybridized carbons (Fsp3) is 0.222. The maximum absolute atomic E-state index is 12.8. The van der Waals surface area contributed by atoms with Gasteiger partial charge in [-0.25, -0.2) is 4.79 Å². The van der Waals surface area contributed by atoms with Crippen molar-refractivity contribution >= 4 is 29.2 Å². The van der Waals surface area contributed by atoms with Gasteiger partial charge in [0.1, 0.15) is 13.2 Å². The maximum atomic E-state index is 12.8. The number of fused-ring (bicyclic) bond motifs is 1. The van der Waals surface area contributed by atoms with Crippen LogP contribution >= 0.6 is 11.6 Å². The second-order valence-corrected chi connectivity index (χ2v) is 6.08. The fourth-order valence-corrected chi connectivity index (χ4v) is 2.63. The predicted molar refractivity (Wildman–Crippen MR) is 92.8 cm³/mol. The summed E-state index contributed by atoms with van der Waals surface area (Å²) in [6.07, 6.45) is -4.66. The molecule has 10 heteroatoms. The molecule has 0 saturated heterocycles. The van der Waals surface area contributed by atoms with Crippen LogP contribution in [0.1, 0.15) is 15.9 Å². The molecule has 0 aliphatic carbocycles. The molecule has 0 spiro atoms. The highest BCUT2D eigenvalue weighted by molar-refractivity contribution is 6.31. The van der Waals surface area contributed by atoms with Gasteiger partial charge < -0.3 is 19.5 Å². The lowest BCUT2D eigenvalue weighted by molar-refractivity contribution is -0.137. The molecule has 148 valence electrons. The Kier molecular flexibility index (Phi) is 5.64. The van der Waals surface area contributed by atoms with Gasteiger partial charge in [-0.1, -0.05) is 11.6 Å². The summed E-state index contributed by atoms with van der Waals surface area (Å²) >= 11 is 5.52. The minimum absolute atomic E-state index is 0.128. The summed E-state index contributed by atoms with van der Waals surface area (Å²) in [4.78, 5) is 23.9. The molecule has 28 heavy (non-hydrogen) atoms. The van der Waals surface area contributed by atoms with E-state index in [0.29, 0.717) is 30.8 Å². The molecule has 1 amide bonds. The van der Waals surface area contributed by atoms with Crippen LogP contribution in [0.25, 0.3) is 0 Å². The Hall–Kier alpha value is -2.94. The van der Waals surface area contributed by atoms with Gasteiger partial charge in [0, 0.05) is 5.69 Å². The van der Waals surface area contributed by atoms with Gasteiger partial charge in [-0.3, -0.25) is 4.79 Å². The van der Waals surface area contributed by atoms with Gasteiger partial charge in [-0.2, -0.15) is 13.2 Å². The molecule has 1 aliphatic rings. The molecule has 0 fully saturated rings. The zero-order chi connectivity index (χ0) is 20.3. The molecule has 0 aromatic heterocycles. The Balaban J connectivity index is 1.59. The average Bonchev–Trinajstić information content (AvgIpc) is 2.66. The zero-order valence-electron chi connectivity index (χ0n) is 14.1. The number of amides is 1. The number of nitrogens with one attached hydrogen (secondary N) is 1. The molecular formula is C18H13ClF3NO5. The number of hydrogen-bond donors (Lipinski definition) is 1. The van der Waals surface area contributed by atoms with Crippen molar-refractivity contribution in [1.29, 1.82) is 0 Å². The van der Waals surface area contributed by atoms with Crippen LogP contribution in [0.15, 0.2) is 36.4 Å². The molecule has 1 N–H and O–H groups in total. The van der Waals surface area contributed by atoms with Crippen molar-refractivity contribution in [2.45, 2.75) is 6.18 Å². The average molecular weight is 416 g/mol. The van der Waals surface area contributed by atoms with Crippen LogP contribution in [-0.4, -0.2) is 31.7 Å². The normalized spacial score (nSPS) is 13.0. The van der Waals surface area contributed by atoms with Crippen LogP contribution in [0.4, 0.5) is 18.9 Å². The first-order valence-electron chi connectivity index (χ1n) is 7.97. The van der Waals surface area contributed by atoms with Crippen molar-refractivity contribution in [1.82, 2.24) is 0 Å². The largest absolute Gasteiger partial charge is 0.486 e. The van der Waals surface area contributed by atoms with Gasteiger partial charge in [-0.05, 0) is 36.4 Å². The minimum atomic E-state index is -4.66. The number of carbonyl (C=O) groups excluding carboxylic acids is 2. The third kappa shape index (κ3) is 4.66. The van der Waals surface area contributed by atoms with Crippen molar-refractivity contribution in [2.24, 2.45) is 0 Å². The molecule has 2 aromatic rings. The third-order valence-electron chi connectivity index (χ3n) is 3.67. The minimum Gasteiger partial charge on any atom is -0.486 e. The van der Waals surface area contributed by atoms with E-state index in [2.05, 4.69) is 5.32 Å².